The Morgan fingerprint density at radius 1 is 0.750 bits per heavy atom. The molecule has 0 aromatic carbocycles. The van der Waals surface area contributed by atoms with Gasteiger partial charge in [0.25, 0.3) is 0 Å². The minimum absolute atomic E-state index is 0. The lowest BCUT2D eigenvalue weighted by Gasteiger charge is -0.197. The third-order valence-corrected chi connectivity index (χ3v) is 0. The maximum absolute atomic E-state index is 0. The second-order valence-corrected chi connectivity index (χ2v) is 0. The van der Waals surface area contributed by atoms with E-state index in [0.29, 0.717) is 0 Å². The van der Waals surface area contributed by atoms with Crippen molar-refractivity contribution in [2.45, 2.75) is 14.9 Å². The molecule has 0 spiro atoms. The van der Waals surface area contributed by atoms with E-state index in [9.17, 15) is 0 Å². The smallest absolute Gasteiger partial charge is 0.0776 e. The van der Waals surface area contributed by atoms with Crippen LogP contribution in [-0.4, -0.2) is 0 Å². The van der Waals surface area contributed by atoms with E-state index in [-0.39, 0.29) is 38.2 Å². The van der Waals surface area contributed by atoms with Crippen LogP contribution in [0.4, 0.5) is 0 Å². The van der Waals surface area contributed by atoms with Crippen molar-refractivity contribution in [2.24, 2.45) is 0 Å². The predicted octanol–water partition coefficient (Wildman–Crippen LogP) is 1.44. The van der Waals surface area contributed by atoms with E-state index in [0.717, 1.165) is 0 Å². The molecule has 4 heavy (non-hydrogen) atoms. The molecule has 32 valence electrons. The second-order valence-electron chi connectivity index (χ2n) is 0. The van der Waals surface area contributed by atoms with E-state index in [1.54, 1.807) is 0 Å². The molecule has 1 atom stereocenters. The summed E-state index contributed by atoms with van der Waals surface area (Å²) in [5.41, 5.74) is 0. The maximum atomic E-state index is 0. The number of rotatable bonds is 0. The van der Waals surface area contributed by atoms with Crippen LogP contribution in [0.25, 0.3) is 0 Å². The van der Waals surface area contributed by atoms with Crippen molar-refractivity contribution in [3.63, 3.8) is 0 Å². The Morgan fingerprint density at radius 3 is 0.750 bits per heavy atom. The summed E-state index contributed by atoms with van der Waals surface area (Å²) in [7, 11) is 0. The molecule has 2 heteroatoms. The van der Waals surface area contributed by atoms with Crippen LogP contribution < -0.4 is 0 Å². The zero-order valence-corrected chi connectivity index (χ0v) is 3.62. The van der Waals surface area contributed by atoms with Crippen molar-refractivity contribution >= 4 is 23.4 Å². The first-order valence-corrected chi connectivity index (χ1v) is 0. The monoisotopic (exact) mass is 100 g/mol. The van der Waals surface area contributed by atoms with Crippen LogP contribution in [-0.2, 0) is 0 Å². The predicted molar refractivity (Wildman–Crippen MR) is 34.9 cm³/mol. The Balaban J connectivity index is 0. The molecule has 0 radical (unpaired) electrons. The highest BCUT2D eigenvalue weighted by molar-refractivity contribution is 7.59. The molecular weight excluding hydrogens is 87.1 g/mol. The molecule has 0 fully saturated rings. The lowest BCUT2D eigenvalue weighted by atomic mass is 12.0. The van der Waals surface area contributed by atoms with E-state index >= 15 is 0 Å². The standard InChI is InChI=1S/2CH4.H3P.H2S/h2*1H4;1H3;1H2. The second kappa shape index (κ2) is 48.0. The highest BCUT2D eigenvalue weighted by atomic mass is 32.1. The molecule has 0 aliphatic carbocycles. The third kappa shape index (κ3) is 14.5. The summed E-state index contributed by atoms with van der Waals surface area (Å²) >= 11 is 0. The third-order valence-electron chi connectivity index (χ3n) is 0. The van der Waals surface area contributed by atoms with Crippen LogP contribution in [0.5, 0.6) is 0 Å². The van der Waals surface area contributed by atoms with Crippen LogP contribution in [0, 0.1) is 0 Å². The molecule has 1 unspecified atom stereocenters. The van der Waals surface area contributed by atoms with Crippen molar-refractivity contribution < 1.29 is 0 Å². The molecule has 0 aromatic rings. The zero-order chi connectivity index (χ0) is 0. The first-order valence-electron chi connectivity index (χ1n) is 0. The molecule has 0 aliphatic rings. The summed E-state index contributed by atoms with van der Waals surface area (Å²) in [4.78, 5) is 0. The molecule has 0 saturated carbocycles. The van der Waals surface area contributed by atoms with E-state index in [4.69, 9.17) is 0 Å². The van der Waals surface area contributed by atoms with Gasteiger partial charge in [0.2, 0.25) is 0 Å². The van der Waals surface area contributed by atoms with Crippen molar-refractivity contribution in [1.82, 2.24) is 0 Å². The molecule has 0 bridgehead atoms. The summed E-state index contributed by atoms with van der Waals surface area (Å²) in [5, 5.41) is 0. The fourth-order valence-electron chi connectivity index (χ4n) is 0. The van der Waals surface area contributed by atoms with E-state index in [1.807, 2.05) is 0 Å². The molecule has 0 heterocycles. The maximum Gasteiger partial charge on any atom is -0.0776 e. The summed E-state index contributed by atoms with van der Waals surface area (Å²) in [6.07, 6.45) is 0. The van der Waals surface area contributed by atoms with Crippen LogP contribution in [0.3, 0.4) is 0 Å². The van der Waals surface area contributed by atoms with E-state index in [1.165, 1.54) is 0 Å². The van der Waals surface area contributed by atoms with E-state index < -0.39 is 0 Å². The molecule has 0 saturated heterocycles. The number of hydrogen-bond donors (Lipinski definition) is 0. The lowest BCUT2D eigenvalue weighted by Crippen LogP contribution is 0.143. The van der Waals surface area contributed by atoms with Gasteiger partial charge in [-0.1, -0.05) is 14.9 Å². The normalized spacial score (nSPS) is 0. The summed E-state index contributed by atoms with van der Waals surface area (Å²) in [5.74, 6) is 0. The molecule has 0 N–H and O–H groups in total. The van der Waals surface area contributed by atoms with Crippen molar-refractivity contribution in [1.29, 1.82) is 0 Å². The van der Waals surface area contributed by atoms with Crippen LogP contribution in [0.15, 0.2) is 0 Å². The molecule has 0 amide bonds. The number of hydrogen-bond acceptors (Lipinski definition) is 0. The fourth-order valence-corrected chi connectivity index (χ4v) is 0. The average Bonchev–Trinajstić information content (AvgIpc) is 0. The first-order chi connectivity index (χ1) is 0. The molecule has 0 aliphatic heterocycles. The fraction of sp³-hybridized carbons (Fsp3) is 1.00. The van der Waals surface area contributed by atoms with Gasteiger partial charge in [0.05, 0.1) is 0 Å². The van der Waals surface area contributed by atoms with Gasteiger partial charge in [-0.3, -0.25) is 0 Å². The summed E-state index contributed by atoms with van der Waals surface area (Å²) in [6, 6.07) is 0. The summed E-state index contributed by atoms with van der Waals surface area (Å²) < 4.78 is 0. The van der Waals surface area contributed by atoms with Gasteiger partial charge in [-0.25, -0.2) is 0 Å². The molecule has 0 aromatic heterocycles. The molecule has 0 nitrogen and oxygen atoms in total. The van der Waals surface area contributed by atoms with Crippen molar-refractivity contribution in [3.05, 3.63) is 0 Å². The van der Waals surface area contributed by atoms with Gasteiger partial charge in [-0.2, -0.15) is 23.4 Å². The van der Waals surface area contributed by atoms with E-state index in [2.05, 4.69) is 0 Å². The Kier molecular flexibility index (Phi) is 1350. The highest BCUT2D eigenvalue weighted by Crippen LogP contribution is 0.861. The Morgan fingerprint density at radius 2 is 0.750 bits per heavy atom. The van der Waals surface area contributed by atoms with Gasteiger partial charge in [-0.05, 0) is 0 Å². The Labute approximate surface area is 39.1 Å². The first kappa shape index (κ1) is 112. The van der Waals surface area contributed by atoms with Gasteiger partial charge in [0.15, 0.2) is 0 Å². The van der Waals surface area contributed by atoms with Gasteiger partial charge in [0, 0.05) is 0 Å². The van der Waals surface area contributed by atoms with Crippen LogP contribution in [0.1, 0.15) is 14.9 Å². The molecule has 0 rings (SSSR count). The summed E-state index contributed by atoms with van der Waals surface area (Å²) in [6.45, 7) is 0. The quantitative estimate of drug-likeness (QED) is 0.404. The minimum atomic E-state index is 0. The highest BCUT2D eigenvalue weighted by Gasteiger charge is -0.0765. The van der Waals surface area contributed by atoms with Crippen molar-refractivity contribution in [3.8, 4) is 0 Å². The Hall–Kier alpha value is 0.780. The van der Waals surface area contributed by atoms with Gasteiger partial charge < -0.3 is 0 Å². The largest absolute Gasteiger partial charge is 0.197 e. The lowest BCUT2D eigenvalue weighted by molar-refractivity contribution is 2.50. The zero-order valence-electron chi connectivity index (χ0n) is 1.21. The minimum Gasteiger partial charge on any atom is -0.197 e. The topological polar surface area (TPSA) is 0 Å². The van der Waals surface area contributed by atoms with Crippen molar-refractivity contribution in [2.75, 3.05) is 0 Å². The molecular formula is C2H13PS. The van der Waals surface area contributed by atoms with Crippen LogP contribution >= 0.6 is 23.4 Å². The van der Waals surface area contributed by atoms with Gasteiger partial charge >= 0.3 is 0 Å². The SMILES string of the molecule is C.C.P.S. The van der Waals surface area contributed by atoms with Crippen LogP contribution in [0.2, 0.25) is 0 Å². The Bertz CT molecular complexity index is 6.00. The van der Waals surface area contributed by atoms with Gasteiger partial charge in [-0.15, -0.1) is 0 Å². The average molecular weight is 100 g/mol. The van der Waals surface area contributed by atoms with Gasteiger partial charge in [0.1, 0.15) is 0 Å².